The summed E-state index contributed by atoms with van der Waals surface area (Å²) in [5.74, 6) is 0.270. The number of anilines is 1. The standard InChI is InChI=1S/C12H20N4O2/c1-4-13-12-15-9(3)8-10(16-12)11(17)14-6-7-18-5-2/h8H,4-7H2,1-3H3,(H,14,17)(H,13,15,16). The molecule has 0 unspecified atom stereocenters. The van der Waals surface area contributed by atoms with Gasteiger partial charge >= 0.3 is 0 Å². The molecule has 0 radical (unpaired) electrons. The number of nitrogens with zero attached hydrogens (tertiary/aromatic N) is 2. The number of rotatable bonds is 7. The van der Waals surface area contributed by atoms with Crippen LogP contribution in [0.15, 0.2) is 6.07 Å². The van der Waals surface area contributed by atoms with Gasteiger partial charge in [-0.3, -0.25) is 4.79 Å². The quantitative estimate of drug-likeness (QED) is 0.708. The van der Waals surface area contributed by atoms with Crippen molar-refractivity contribution in [1.29, 1.82) is 0 Å². The number of aryl methyl sites for hydroxylation is 1. The lowest BCUT2D eigenvalue weighted by molar-refractivity contribution is 0.0917. The predicted octanol–water partition coefficient (Wildman–Crippen LogP) is 0.983. The van der Waals surface area contributed by atoms with Gasteiger partial charge in [-0.2, -0.15) is 0 Å². The molecule has 1 amide bonds. The number of ether oxygens (including phenoxy) is 1. The molecule has 18 heavy (non-hydrogen) atoms. The van der Waals surface area contributed by atoms with Crippen LogP contribution < -0.4 is 10.6 Å². The summed E-state index contributed by atoms with van der Waals surface area (Å²) in [5, 5.41) is 5.74. The van der Waals surface area contributed by atoms with E-state index in [1.807, 2.05) is 20.8 Å². The minimum absolute atomic E-state index is 0.209. The fraction of sp³-hybridized carbons (Fsp3) is 0.583. The number of nitrogens with one attached hydrogen (secondary N) is 2. The molecule has 0 saturated heterocycles. The van der Waals surface area contributed by atoms with Crippen LogP contribution in [0, 0.1) is 6.92 Å². The molecule has 1 aromatic rings. The zero-order valence-electron chi connectivity index (χ0n) is 11.1. The molecule has 0 saturated carbocycles. The molecule has 2 N–H and O–H groups in total. The van der Waals surface area contributed by atoms with E-state index in [-0.39, 0.29) is 5.91 Å². The Morgan fingerprint density at radius 2 is 2.17 bits per heavy atom. The van der Waals surface area contributed by atoms with Gasteiger partial charge in [0, 0.05) is 25.4 Å². The van der Waals surface area contributed by atoms with Crippen LogP contribution in [-0.4, -0.2) is 42.2 Å². The first kappa shape index (κ1) is 14.4. The number of aromatic nitrogens is 2. The molecule has 0 aliphatic carbocycles. The van der Waals surface area contributed by atoms with Gasteiger partial charge in [0.15, 0.2) is 0 Å². The number of carbonyl (C=O) groups excluding carboxylic acids is 1. The highest BCUT2D eigenvalue weighted by Crippen LogP contribution is 2.04. The number of carbonyl (C=O) groups is 1. The second-order valence-corrected chi connectivity index (χ2v) is 3.70. The average molecular weight is 252 g/mol. The van der Waals surface area contributed by atoms with Crippen molar-refractivity contribution in [3.05, 3.63) is 17.5 Å². The van der Waals surface area contributed by atoms with Crippen molar-refractivity contribution in [3.63, 3.8) is 0 Å². The summed E-state index contributed by atoms with van der Waals surface area (Å²) in [7, 11) is 0. The third kappa shape index (κ3) is 4.67. The minimum atomic E-state index is -0.209. The first-order valence-corrected chi connectivity index (χ1v) is 6.12. The SMILES string of the molecule is CCNc1nc(C)cc(C(=O)NCCOCC)n1. The molecule has 6 nitrogen and oxygen atoms in total. The molecular formula is C12H20N4O2. The van der Waals surface area contributed by atoms with Crippen molar-refractivity contribution < 1.29 is 9.53 Å². The highest BCUT2D eigenvalue weighted by Gasteiger charge is 2.09. The van der Waals surface area contributed by atoms with E-state index in [1.54, 1.807) is 6.07 Å². The van der Waals surface area contributed by atoms with Gasteiger partial charge in [0.1, 0.15) is 5.69 Å². The number of amides is 1. The van der Waals surface area contributed by atoms with Crippen molar-refractivity contribution in [2.45, 2.75) is 20.8 Å². The molecule has 0 aliphatic rings. The van der Waals surface area contributed by atoms with Crippen LogP contribution in [0.2, 0.25) is 0 Å². The summed E-state index contributed by atoms with van der Waals surface area (Å²) in [4.78, 5) is 20.2. The Kier molecular flexibility index (Phi) is 6.07. The van der Waals surface area contributed by atoms with E-state index >= 15 is 0 Å². The van der Waals surface area contributed by atoms with Gasteiger partial charge in [0.25, 0.3) is 5.91 Å². The predicted molar refractivity (Wildman–Crippen MR) is 69.8 cm³/mol. The first-order valence-electron chi connectivity index (χ1n) is 6.12. The van der Waals surface area contributed by atoms with Crippen LogP contribution in [0.3, 0.4) is 0 Å². The Morgan fingerprint density at radius 1 is 1.39 bits per heavy atom. The second-order valence-electron chi connectivity index (χ2n) is 3.70. The van der Waals surface area contributed by atoms with Gasteiger partial charge in [-0.1, -0.05) is 0 Å². The van der Waals surface area contributed by atoms with E-state index in [4.69, 9.17) is 4.74 Å². The molecule has 1 heterocycles. The highest BCUT2D eigenvalue weighted by molar-refractivity contribution is 5.92. The topological polar surface area (TPSA) is 76.1 Å². The highest BCUT2D eigenvalue weighted by atomic mass is 16.5. The summed E-state index contributed by atoms with van der Waals surface area (Å²) in [6.45, 7) is 8.05. The lowest BCUT2D eigenvalue weighted by Gasteiger charge is -2.07. The minimum Gasteiger partial charge on any atom is -0.380 e. The molecule has 1 aromatic heterocycles. The van der Waals surface area contributed by atoms with E-state index < -0.39 is 0 Å². The monoisotopic (exact) mass is 252 g/mol. The van der Waals surface area contributed by atoms with E-state index in [0.717, 1.165) is 12.2 Å². The van der Waals surface area contributed by atoms with E-state index in [9.17, 15) is 4.79 Å². The van der Waals surface area contributed by atoms with E-state index in [2.05, 4.69) is 20.6 Å². The van der Waals surface area contributed by atoms with Crippen molar-refractivity contribution >= 4 is 11.9 Å². The van der Waals surface area contributed by atoms with Crippen LogP contribution in [-0.2, 0) is 4.74 Å². The summed E-state index contributed by atoms with van der Waals surface area (Å²) in [5.41, 5.74) is 1.13. The molecule has 1 rings (SSSR count). The van der Waals surface area contributed by atoms with Gasteiger partial charge in [-0.15, -0.1) is 0 Å². The zero-order chi connectivity index (χ0) is 13.4. The van der Waals surface area contributed by atoms with E-state index in [0.29, 0.717) is 31.4 Å². The Morgan fingerprint density at radius 3 is 2.83 bits per heavy atom. The molecule has 0 atom stereocenters. The largest absolute Gasteiger partial charge is 0.380 e. The third-order valence-corrected chi connectivity index (χ3v) is 2.16. The summed E-state index contributed by atoms with van der Waals surface area (Å²) in [6.07, 6.45) is 0. The first-order chi connectivity index (χ1) is 8.67. The van der Waals surface area contributed by atoms with Crippen molar-refractivity contribution in [3.8, 4) is 0 Å². The van der Waals surface area contributed by atoms with Crippen LogP contribution in [0.5, 0.6) is 0 Å². The van der Waals surface area contributed by atoms with Gasteiger partial charge in [-0.05, 0) is 26.8 Å². The van der Waals surface area contributed by atoms with Crippen molar-refractivity contribution in [2.24, 2.45) is 0 Å². The number of hydrogen-bond acceptors (Lipinski definition) is 5. The molecule has 0 spiro atoms. The van der Waals surface area contributed by atoms with Gasteiger partial charge in [0.2, 0.25) is 5.95 Å². The van der Waals surface area contributed by atoms with Crippen molar-refractivity contribution in [1.82, 2.24) is 15.3 Å². The van der Waals surface area contributed by atoms with Gasteiger partial charge in [0.05, 0.1) is 6.61 Å². The molecule has 0 bridgehead atoms. The van der Waals surface area contributed by atoms with Crippen LogP contribution in [0.25, 0.3) is 0 Å². The molecule has 6 heteroatoms. The molecule has 0 aromatic carbocycles. The Hall–Kier alpha value is -1.69. The Labute approximate surface area is 107 Å². The molecule has 0 aliphatic heterocycles. The maximum absolute atomic E-state index is 11.8. The average Bonchev–Trinajstić information content (AvgIpc) is 2.34. The lowest BCUT2D eigenvalue weighted by atomic mass is 10.3. The van der Waals surface area contributed by atoms with Crippen LogP contribution >= 0.6 is 0 Å². The molecule has 100 valence electrons. The second kappa shape index (κ2) is 7.60. The fourth-order valence-electron chi connectivity index (χ4n) is 1.39. The smallest absolute Gasteiger partial charge is 0.270 e. The summed E-state index contributed by atoms with van der Waals surface area (Å²) in [6, 6.07) is 1.66. The zero-order valence-corrected chi connectivity index (χ0v) is 11.1. The fourth-order valence-corrected chi connectivity index (χ4v) is 1.39. The maximum Gasteiger partial charge on any atom is 0.270 e. The summed E-state index contributed by atoms with van der Waals surface area (Å²) < 4.78 is 5.15. The van der Waals surface area contributed by atoms with Crippen LogP contribution in [0.4, 0.5) is 5.95 Å². The Balaban J connectivity index is 2.61. The lowest BCUT2D eigenvalue weighted by Crippen LogP contribution is -2.28. The molecule has 0 fully saturated rings. The van der Waals surface area contributed by atoms with E-state index in [1.165, 1.54) is 0 Å². The molecular weight excluding hydrogens is 232 g/mol. The van der Waals surface area contributed by atoms with Crippen molar-refractivity contribution in [2.75, 3.05) is 31.6 Å². The number of hydrogen-bond donors (Lipinski definition) is 2. The maximum atomic E-state index is 11.8. The third-order valence-electron chi connectivity index (χ3n) is 2.16. The van der Waals surface area contributed by atoms with Gasteiger partial charge in [-0.25, -0.2) is 9.97 Å². The normalized spacial score (nSPS) is 10.2. The Bertz CT molecular complexity index is 396. The van der Waals surface area contributed by atoms with Crippen LogP contribution in [0.1, 0.15) is 30.0 Å². The van der Waals surface area contributed by atoms with Gasteiger partial charge < -0.3 is 15.4 Å². The summed E-state index contributed by atoms with van der Waals surface area (Å²) >= 11 is 0.